The van der Waals surface area contributed by atoms with Gasteiger partial charge in [0.05, 0.1) is 16.4 Å². The maximum atomic E-state index is 13.4. The number of hydrogen-bond donors (Lipinski definition) is 0. The van der Waals surface area contributed by atoms with E-state index in [0.717, 1.165) is 19.3 Å². The van der Waals surface area contributed by atoms with E-state index >= 15 is 0 Å². The molecule has 1 aliphatic carbocycles. The molecule has 0 saturated heterocycles. The molecular formula is C18H24ClNO4S. The summed E-state index contributed by atoms with van der Waals surface area (Å²) in [5, 5.41) is -0.443. The maximum Gasteiger partial charge on any atom is 0.200 e. The number of rotatable bonds is 3. The largest absolute Gasteiger partial charge is 0.439 e. The van der Waals surface area contributed by atoms with Crippen molar-refractivity contribution in [2.45, 2.75) is 68.1 Å². The number of nitrogens with zero attached hydrogens (tertiary/aromatic N) is 1. The van der Waals surface area contributed by atoms with Crippen LogP contribution in [0.5, 0.6) is 0 Å². The van der Waals surface area contributed by atoms with Crippen LogP contribution >= 0.6 is 11.6 Å². The Hall–Kier alpha value is -1.11. The molecule has 1 aromatic carbocycles. The fourth-order valence-corrected chi connectivity index (χ4v) is 6.01. The second kappa shape index (κ2) is 6.56. The monoisotopic (exact) mass is 385 g/mol. The number of hydrogen-bond acceptors (Lipinski definition) is 5. The van der Waals surface area contributed by atoms with Gasteiger partial charge in [-0.1, -0.05) is 45.2 Å². The van der Waals surface area contributed by atoms with E-state index < -0.39 is 15.1 Å². The third-order valence-corrected chi connectivity index (χ3v) is 7.47. The molecule has 7 heteroatoms. The summed E-state index contributed by atoms with van der Waals surface area (Å²) in [5.74, 6) is 0.494. The van der Waals surface area contributed by atoms with E-state index in [-0.39, 0.29) is 27.0 Å². The summed E-state index contributed by atoms with van der Waals surface area (Å²) in [6.45, 7) is 5.90. The fraction of sp³-hybridized carbons (Fsp3) is 0.611. The van der Waals surface area contributed by atoms with Gasteiger partial charge in [-0.2, -0.15) is 0 Å². The number of sulfone groups is 1. The first-order valence-electron chi connectivity index (χ1n) is 8.52. The topological polar surface area (TPSA) is 69.4 Å². The Balaban J connectivity index is 2.19. The predicted octanol–water partition coefficient (Wildman–Crippen LogP) is 4.51. The van der Waals surface area contributed by atoms with Crippen molar-refractivity contribution in [2.24, 2.45) is 0 Å². The molecule has 2 aromatic rings. The summed E-state index contributed by atoms with van der Waals surface area (Å²) >= 11 is 6.31. The van der Waals surface area contributed by atoms with Crippen molar-refractivity contribution in [2.75, 3.05) is 7.11 Å². The Morgan fingerprint density at radius 3 is 2.56 bits per heavy atom. The van der Waals surface area contributed by atoms with E-state index in [1.807, 2.05) is 20.8 Å². The third kappa shape index (κ3) is 3.32. The van der Waals surface area contributed by atoms with Crippen LogP contribution < -0.4 is 0 Å². The van der Waals surface area contributed by atoms with Crippen LogP contribution in [0.2, 0.25) is 5.02 Å². The second-order valence-electron chi connectivity index (χ2n) is 7.64. The minimum absolute atomic E-state index is 0.0450. The molecule has 5 nitrogen and oxygen atoms in total. The molecule has 2 atom stereocenters. The quantitative estimate of drug-likeness (QED) is 0.777. The number of halogens is 1. The molecule has 0 amide bonds. The molecule has 25 heavy (non-hydrogen) atoms. The average Bonchev–Trinajstić information content (AvgIpc) is 2.98. The normalized spacial score (nSPS) is 22.4. The number of aromatic nitrogens is 1. The van der Waals surface area contributed by atoms with Gasteiger partial charge in [0.1, 0.15) is 10.4 Å². The van der Waals surface area contributed by atoms with Gasteiger partial charge in [0, 0.05) is 12.5 Å². The highest BCUT2D eigenvalue weighted by molar-refractivity contribution is 7.92. The number of fused-ring (bicyclic) bond motifs is 1. The second-order valence-corrected chi connectivity index (χ2v) is 10.1. The zero-order valence-corrected chi connectivity index (χ0v) is 16.6. The Morgan fingerprint density at radius 1 is 1.24 bits per heavy atom. The lowest BCUT2D eigenvalue weighted by Crippen LogP contribution is -2.38. The first-order chi connectivity index (χ1) is 11.7. The average molecular weight is 386 g/mol. The van der Waals surface area contributed by atoms with Crippen molar-refractivity contribution < 1.29 is 17.6 Å². The summed E-state index contributed by atoms with van der Waals surface area (Å²) in [6.07, 6.45) is 2.81. The molecule has 1 saturated carbocycles. The van der Waals surface area contributed by atoms with Crippen LogP contribution in [0.1, 0.15) is 52.3 Å². The summed E-state index contributed by atoms with van der Waals surface area (Å²) in [4.78, 5) is 4.51. The molecule has 0 aliphatic heterocycles. The van der Waals surface area contributed by atoms with Gasteiger partial charge < -0.3 is 9.15 Å². The molecule has 1 fully saturated rings. The minimum atomic E-state index is -3.70. The number of methoxy groups -OCH3 is 1. The summed E-state index contributed by atoms with van der Waals surface area (Å²) in [5.41, 5.74) is 0.433. The molecule has 1 aromatic heterocycles. The van der Waals surface area contributed by atoms with E-state index in [1.165, 1.54) is 0 Å². The highest BCUT2D eigenvalue weighted by Gasteiger charge is 2.40. The highest BCUT2D eigenvalue weighted by atomic mass is 35.5. The van der Waals surface area contributed by atoms with Crippen molar-refractivity contribution in [3.63, 3.8) is 0 Å². The molecule has 0 bridgehead atoms. The summed E-state index contributed by atoms with van der Waals surface area (Å²) in [6, 6.07) is 3.28. The minimum Gasteiger partial charge on any atom is -0.439 e. The van der Waals surface area contributed by atoms with Gasteiger partial charge in [0.15, 0.2) is 15.4 Å². The van der Waals surface area contributed by atoms with Crippen LogP contribution in [0.3, 0.4) is 0 Å². The zero-order valence-electron chi connectivity index (χ0n) is 15.0. The van der Waals surface area contributed by atoms with Gasteiger partial charge in [-0.05, 0) is 25.0 Å². The first-order valence-corrected chi connectivity index (χ1v) is 10.4. The van der Waals surface area contributed by atoms with Crippen molar-refractivity contribution in [3.05, 3.63) is 23.0 Å². The van der Waals surface area contributed by atoms with E-state index in [4.69, 9.17) is 20.8 Å². The van der Waals surface area contributed by atoms with Gasteiger partial charge in [-0.3, -0.25) is 0 Å². The van der Waals surface area contributed by atoms with Crippen LogP contribution in [-0.2, 0) is 20.0 Å². The Bertz CT molecular complexity index is 882. The van der Waals surface area contributed by atoms with Gasteiger partial charge in [0.2, 0.25) is 5.89 Å². The van der Waals surface area contributed by atoms with Crippen LogP contribution in [0.15, 0.2) is 21.4 Å². The maximum absolute atomic E-state index is 13.4. The van der Waals surface area contributed by atoms with E-state index in [0.29, 0.717) is 17.8 Å². The van der Waals surface area contributed by atoms with Crippen molar-refractivity contribution in [1.82, 2.24) is 4.98 Å². The molecule has 3 rings (SSSR count). The van der Waals surface area contributed by atoms with Gasteiger partial charge in [-0.25, -0.2) is 13.4 Å². The fourth-order valence-electron chi connectivity index (χ4n) is 3.37. The lowest BCUT2D eigenvalue weighted by Gasteiger charge is -2.30. The standard InChI is InChI=1S/C18H24ClNO4S/c1-18(2,3)17-20-12-10-9-11(19)16(15(12)24-17)25(21,22)14-8-6-5-7-13(14)23-4/h9-10,13-14H,5-8H2,1-4H3/t13-,14-/m1/s1. The lowest BCUT2D eigenvalue weighted by atomic mass is 9.97. The number of benzene rings is 1. The molecule has 0 radical (unpaired) electrons. The van der Waals surface area contributed by atoms with E-state index in [2.05, 4.69) is 4.98 Å². The molecule has 0 unspecified atom stereocenters. The Labute approximate surface area is 153 Å². The molecule has 1 heterocycles. The van der Waals surface area contributed by atoms with Crippen LogP contribution in [-0.4, -0.2) is 31.9 Å². The molecule has 0 spiro atoms. The SMILES string of the molecule is CO[C@@H]1CCCC[C@H]1S(=O)(=O)c1c(Cl)ccc2nc(C(C)(C)C)oc12. The van der Waals surface area contributed by atoms with E-state index in [1.54, 1.807) is 19.2 Å². The summed E-state index contributed by atoms with van der Waals surface area (Å²) in [7, 11) is -2.14. The zero-order chi connectivity index (χ0) is 18.4. The van der Waals surface area contributed by atoms with Crippen molar-refractivity contribution >= 4 is 32.5 Å². The Morgan fingerprint density at radius 2 is 1.92 bits per heavy atom. The number of oxazole rings is 1. The van der Waals surface area contributed by atoms with Crippen LogP contribution in [0.4, 0.5) is 0 Å². The van der Waals surface area contributed by atoms with Crippen LogP contribution in [0.25, 0.3) is 11.1 Å². The van der Waals surface area contributed by atoms with E-state index in [9.17, 15) is 8.42 Å². The first kappa shape index (κ1) is 18.7. The van der Waals surface area contributed by atoms with Gasteiger partial charge >= 0.3 is 0 Å². The highest BCUT2D eigenvalue weighted by Crippen LogP contribution is 2.39. The molecule has 138 valence electrons. The Kier molecular flexibility index (Phi) is 4.90. The van der Waals surface area contributed by atoms with Gasteiger partial charge in [0.25, 0.3) is 0 Å². The molecule has 1 aliphatic rings. The lowest BCUT2D eigenvalue weighted by molar-refractivity contribution is 0.0738. The van der Waals surface area contributed by atoms with Crippen molar-refractivity contribution in [3.8, 4) is 0 Å². The molecular weight excluding hydrogens is 362 g/mol. The molecule has 0 N–H and O–H groups in total. The summed E-state index contributed by atoms with van der Waals surface area (Å²) < 4.78 is 38.1. The van der Waals surface area contributed by atoms with Crippen LogP contribution in [0, 0.1) is 0 Å². The predicted molar refractivity (Wildman–Crippen MR) is 98.0 cm³/mol. The van der Waals surface area contributed by atoms with Crippen molar-refractivity contribution in [1.29, 1.82) is 0 Å². The third-order valence-electron chi connectivity index (χ3n) is 4.73. The smallest absolute Gasteiger partial charge is 0.200 e. The number of ether oxygens (including phenoxy) is 1. The van der Waals surface area contributed by atoms with Gasteiger partial charge in [-0.15, -0.1) is 0 Å².